The highest BCUT2D eigenvalue weighted by Gasteiger charge is 2.15. The van der Waals surface area contributed by atoms with Crippen molar-refractivity contribution in [2.75, 3.05) is 16.6 Å². The Morgan fingerprint density at radius 2 is 1.87 bits per heavy atom. The quantitative estimate of drug-likeness (QED) is 0.720. The van der Waals surface area contributed by atoms with Crippen molar-refractivity contribution in [3.05, 3.63) is 52.5 Å². The first-order valence-electron chi connectivity index (χ1n) is 6.61. The maximum Gasteiger partial charge on any atom is 0.261 e. The number of nitrogens with one attached hydrogen (secondary N) is 2. The Bertz CT molecular complexity index is 837. The molecule has 2 aromatic carbocycles. The van der Waals surface area contributed by atoms with E-state index in [1.54, 1.807) is 37.3 Å². The van der Waals surface area contributed by atoms with Gasteiger partial charge in [0.1, 0.15) is 6.61 Å². The molecule has 122 valence electrons. The van der Waals surface area contributed by atoms with Crippen LogP contribution in [-0.2, 0) is 14.8 Å². The van der Waals surface area contributed by atoms with Gasteiger partial charge in [-0.2, -0.15) is 0 Å². The summed E-state index contributed by atoms with van der Waals surface area (Å²) in [6.45, 7) is 1.16. The number of amides is 1. The van der Waals surface area contributed by atoms with Crippen LogP contribution in [0.3, 0.4) is 0 Å². The van der Waals surface area contributed by atoms with Gasteiger partial charge in [0.2, 0.25) is 5.91 Å². The highest BCUT2D eigenvalue weighted by atomic mass is 79.9. The number of rotatable bonds is 5. The fourth-order valence-corrected chi connectivity index (χ4v) is 3.24. The first kappa shape index (κ1) is 17.5. The van der Waals surface area contributed by atoms with Crippen LogP contribution in [0.1, 0.15) is 5.56 Å². The predicted molar refractivity (Wildman–Crippen MR) is 91.8 cm³/mol. The second-order valence-electron chi connectivity index (χ2n) is 4.80. The normalized spacial score (nSPS) is 11.1. The van der Waals surface area contributed by atoms with Gasteiger partial charge >= 0.3 is 0 Å². The minimum Gasteiger partial charge on any atom is -0.387 e. The molecule has 0 bridgehead atoms. The number of sulfonamides is 1. The monoisotopic (exact) mass is 398 g/mol. The Hall–Kier alpha value is -1.90. The molecule has 8 heteroatoms. The van der Waals surface area contributed by atoms with E-state index in [4.69, 9.17) is 5.11 Å². The number of benzene rings is 2. The summed E-state index contributed by atoms with van der Waals surface area (Å²) < 4.78 is 28.1. The number of carbonyl (C=O) groups excluding carboxylic acids is 1. The highest BCUT2D eigenvalue weighted by Crippen LogP contribution is 2.23. The third-order valence-corrected chi connectivity index (χ3v) is 5.25. The lowest BCUT2D eigenvalue weighted by Gasteiger charge is -2.11. The average Bonchev–Trinajstić information content (AvgIpc) is 2.49. The van der Waals surface area contributed by atoms with Crippen LogP contribution in [0.2, 0.25) is 0 Å². The van der Waals surface area contributed by atoms with Crippen LogP contribution in [0, 0.1) is 6.92 Å². The fourth-order valence-electron chi connectivity index (χ4n) is 1.86. The molecule has 0 saturated carbocycles. The van der Waals surface area contributed by atoms with Crippen molar-refractivity contribution in [2.45, 2.75) is 11.8 Å². The summed E-state index contributed by atoms with van der Waals surface area (Å²) in [6, 6.07) is 10.9. The molecule has 0 aliphatic carbocycles. The number of hydrogen-bond acceptors (Lipinski definition) is 4. The zero-order chi connectivity index (χ0) is 17.0. The fraction of sp³-hybridized carbons (Fsp3) is 0.133. The standard InChI is InChI=1S/C15H15BrN2O4S/c1-10-7-13(5-6-14(10)16)23(21,22)18-12-4-2-3-11(8-12)17-15(20)9-19/h2-8,18-19H,9H2,1H3,(H,17,20). The van der Waals surface area contributed by atoms with Gasteiger partial charge < -0.3 is 10.4 Å². The largest absolute Gasteiger partial charge is 0.387 e. The lowest BCUT2D eigenvalue weighted by molar-refractivity contribution is -0.118. The predicted octanol–water partition coefficient (Wildman–Crippen LogP) is 2.49. The Balaban J connectivity index is 2.25. The summed E-state index contributed by atoms with van der Waals surface area (Å²) in [5, 5.41) is 11.2. The summed E-state index contributed by atoms with van der Waals surface area (Å²) in [4.78, 5) is 11.3. The van der Waals surface area contributed by atoms with Crippen molar-refractivity contribution in [3.63, 3.8) is 0 Å². The molecule has 3 N–H and O–H groups in total. The van der Waals surface area contributed by atoms with E-state index < -0.39 is 22.5 Å². The first-order valence-corrected chi connectivity index (χ1v) is 8.89. The van der Waals surface area contributed by atoms with E-state index in [0.29, 0.717) is 11.4 Å². The third-order valence-electron chi connectivity index (χ3n) is 2.98. The molecule has 0 spiro atoms. The molecule has 1 amide bonds. The van der Waals surface area contributed by atoms with Crippen LogP contribution < -0.4 is 10.0 Å². The van der Waals surface area contributed by atoms with Gasteiger partial charge in [0.05, 0.1) is 10.6 Å². The maximum absolute atomic E-state index is 12.4. The van der Waals surface area contributed by atoms with Crippen molar-refractivity contribution in [1.82, 2.24) is 0 Å². The zero-order valence-electron chi connectivity index (χ0n) is 12.2. The molecule has 0 aliphatic heterocycles. The lowest BCUT2D eigenvalue weighted by atomic mass is 10.2. The van der Waals surface area contributed by atoms with Crippen molar-refractivity contribution in [3.8, 4) is 0 Å². The van der Waals surface area contributed by atoms with Crippen molar-refractivity contribution in [2.24, 2.45) is 0 Å². The molecule has 0 aromatic heterocycles. The number of anilines is 2. The van der Waals surface area contributed by atoms with E-state index in [0.717, 1.165) is 10.0 Å². The van der Waals surface area contributed by atoms with E-state index in [9.17, 15) is 13.2 Å². The first-order chi connectivity index (χ1) is 10.8. The van der Waals surface area contributed by atoms with E-state index in [2.05, 4.69) is 26.0 Å². The van der Waals surface area contributed by atoms with Gasteiger partial charge in [0, 0.05) is 10.2 Å². The molecule has 0 aliphatic rings. The third kappa shape index (κ3) is 4.54. The van der Waals surface area contributed by atoms with Gasteiger partial charge in [-0.15, -0.1) is 0 Å². The smallest absolute Gasteiger partial charge is 0.261 e. The van der Waals surface area contributed by atoms with Gasteiger partial charge in [0.25, 0.3) is 10.0 Å². The van der Waals surface area contributed by atoms with E-state index >= 15 is 0 Å². The van der Waals surface area contributed by atoms with Gasteiger partial charge in [-0.3, -0.25) is 9.52 Å². The molecule has 2 rings (SSSR count). The molecule has 0 unspecified atom stereocenters. The molecular weight excluding hydrogens is 384 g/mol. The molecule has 2 aromatic rings. The van der Waals surface area contributed by atoms with Gasteiger partial charge in [-0.1, -0.05) is 22.0 Å². The molecule has 0 atom stereocenters. The summed E-state index contributed by atoms with van der Waals surface area (Å²) in [7, 11) is -3.74. The van der Waals surface area contributed by atoms with Crippen molar-refractivity contribution >= 4 is 43.2 Å². The van der Waals surface area contributed by atoms with Crippen LogP contribution in [0.5, 0.6) is 0 Å². The molecular formula is C15H15BrN2O4S. The topological polar surface area (TPSA) is 95.5 Å². The molecule has 0 radical (unpaired) electrons. The van der Waals surface area contributed by atoms with E-state index in [1.165, 1.54) is 12.1 Å². The van der Waals surface area contributed by atoms with Crippen LogP contribution in [-0.4, -0.2) is 26.0 Å². The Kier molecular flexibility index (Phi) is 5.40. The number of hydrogen-bond donors (Lipinski definition) is 3. The zero-order valence-corrected chi connectivity index (χ0v) is 14.6. The van der Waals surface area contributed by atoms with Gasteiger partial charge in [-0.05, 0) is 48.9 Å². The minimum absolute atomic E-state index is 0.142. The van der Waals surface area contributed by atoms with Gasteiger partial charge in [-0.25, -0.2) is 8.42 Å². The maximum atomic E-state index is 12.4. The second kappa shape index (κ2) is 7.12. The van der Waals surface area contributed by atoms with Crippen LogP contribution >= 0.6 is 15.9 Å². The Labute approximate surface area is 142 Å². The number of aliphatic hydroxyl groups excluding tert-OH is 1. The average molecular weight is 399 g/mol. The highest BCUT2D eigenvalue weighted by molar-refractivity contribution is 9.10. The van der Waals surface area contributed by atoms with Crippen molar-refractivity contribution < 1.29 is 18.3 Å². The summed E-state index contributed by atoms with van der Waals surface area (Å²) in [5.41, 5.74) is 1.49. The second-order valence-corrected chi connectivity index (χ2v) is 7.34. The Morgan fingerprint density at radius 1 is 1.17 bits per heavy atom. The number of halogens is 1. The molecule has 0 fully saturated rings. The summed E-state index contributed by atoms with van der Waals surface area (Å²) in [6.07, 6.45) is 0. The summed E-state index contributed by atoms with van der Waals surface area (Å²) >= 11 is 3.33. The molecule has 23 heavy (non-hydrogen) atoms. The number of aryl methyl sites for hydroxylation is 1. The molecule has 0 heterocycles. The van der Waals surface area contributed by atoms with E-state index in [1.807, 2.05) is 0 Å². The Morgan fingerprint density at radius 3 is 2.52 bits per heavy atom. The minimum atomic E-state index is -3.74. The van der Waals surface area contributed by atoms with Crippen molar-refractivity contribution in [1.29, 1.82) is 0 Å². The SMILES string of the molecule is Cc1cc(S(=O)(=O)Nc2cccc(NC(=O)CO)c2)ccc1Br. The lowest BCUT2D eigenvalue weighted by Crippen LogP contribution is -2.16. The van der Waals surface area contributed by atoms with Crippen LogP contribution in [0.25, 0.3) is 0 Å². The summed E-state index contributed by atoms with van der Waals surface area (Å²) in [5.74, 6) is -0.575. The molecule has 6 nitrogen and oxygen atoms in total. The van der Waals surface area contributed by atoms with Gasteiger partial charge in [0.15, 0.2) is 0 Å². The number of aliphatic hydroxyl groups is 1. The van der Waals surface area contributed by atoms with E-state index in [-0.39, 0.29) is 4.90 Å². The molecule has 0 saturated heterocycles. The van der Waals surface area contributed by atoms with Crippen LogP contribution in [0.4, 0.5) is 11.4 Å². The number of carbonyl (C=O) groups is 1. The van der Waals surface area contributed by atoms with Crippen LogP contribution in [0.15, 0.2) is 51.8 Å².